The van der Waals surface area contributed by atoms with Crippen LogP contribution in [0.4, 0.5) is 8.78 Å². The molecule has 190 valence electrons. The van der Waals surface area contributed by atoms with E-state index in [1.165, 1.54) is 42.3 Å². The van der Waals surface area contributed by atoms with Gasteiger partial charge in [-0.1, -0.05) is 18.2 Å². The summed E-state index contributed by atoms with van der Waals surface area (Å²) in [5.74, 6) is -1.69. The molecule has 4 rings (SSSR count). The van der Waals surface area contributed by atoms with Crippen molar-refractivity contribution in [2.45, 2.75) is 30.4 Å². The number of nitrogens with zero attached hydrogens (tertiary/aromatic N) is 1. The van der Waals surface area contributed by atoms with Gasteiger partial charge in [0, 0.05) is 19.7 Å². The highest BCUT2D eigenvalue weighted by molar-refractivity contribution is 7.87. The normalized spacial score (nSPS) is 15.5. The second-order valence-corrected chi connectivity index (χ2v) is 9.82. The van der Waals surface area contributed by atoms with Crippen LogP contribution >= 0.6 is 0 Å². The maximum absolute atomic E-state index is 14.4. The second-order valence-electron chi connectivity index (χ2n) is 8.28. The van der Waals surface area contributed by atoms with E-state index in [0.29, 0.717) is 12.2 Å². The maximum atomic E-state index is 14.4. The molecule has 0 unspecified atom stereocenters. The molecule has 1 aliphatic rings. The highest BCUT2D eigenvalue weighted by Crippen LogP contribution is 2.32. The lowest BCUT2D eigenvalue weighted by Crippen LogP contribution is -2.37. The van der Waals surface area contributed by atoms with Crippen molar-refractivity contribution in [1.82, 2.24) is 4.90 Å². The van der Waals surface area contributed by atoms with E-state index in [1.54, 1.807) is 12.1 Å². The summed E-state index contributed by atoms with van der Waals surface area (Å²) in [6.07, 6.45) is 1.45. The molecular weight excluding hydrogens is 492 g/mol. The first-order valence-corrected chi connectivity index (χ1v) is 12.7. The van der Waals surface area contributed by atoms with Gasteiger partial charge in [0.15, 0.2) is 11.5 Å². The zero-order valence-corrected chi connectivity index (χ0v) is 20.3. The summed E-state index contributed by atoms with van der Waals surface area (Å²) in [6, 6.07) is 14.6. The van der Waals surface area contributed by atoms with Gasteiger partial charge in [-0.05, 0) is 66.9 Å². The minimum absolute atomic E-state index is 0.0456. The van der Waals surface area contributed by atoms with Crippen LogP contribution in [0.15, 0.2) is 71.6 Å². The number of benzene rings is 3. The third kappa shape index (κ3) is 6.00. The molecule has 0 radical (unpaired) electrons. The molecule has 0 saturated carbocycles. The second kappa shape index (κ2) is 11.0. The van der Waals surface area contributed by atoms with E-state index in [4.69, 9.17) is 13.7 Å². The van der Waals surface area contributed by atoms with Gasteiger partial charge in [0.05, 0.1) is 18.8 Å². The number of carbonyl (C=O) groups is 1. The fourth-order valence-corrected chi connectivity index (χ4v) is 4.86. The van der Waals surface area contributed by atoms with Crippen LogP contribution in [0, 0.1) is 11.6 Å². The number of hydrogen-bond acceptors (Lipinski definition) is 6. The Balaban J connectivity index is 1.62. The van der Waals surface area contributed by atoms with Gasteiger partial charge in [-0.3, -0.25) is 4.79 Å². The van der Waals surface area contributed by atoms with Crippen LogP contribution in [0.25, 0.3) is 0 Å². The molecule has 36 heavy (non-hydrogen) atoms. The Morgan fingerprint density at radius 3 is 2.47 bits per heavy atom. The number of ether oxygens (including phenoxy) is 2. The number of methoxy groups -OCH3 is 1. The highest BCUT2D eigenvalue weighted by Gasteiger charge is 2.26. The summed E-state index contributed by atoms with van der Waals surface area (Å²) in [4.78, 5) is 14.5. The van der Waals surface area contributed by atoms with Crippen LogP contribution in [0.2, 0.25) is 0 Å². The van der Waals surface area contributed by atoms with E-state index in [0.717, 1.165) is 37.1 Å². The van der Waals surface area contributed by atoms with Crippen molar-refractivity contribution in [3.05, 3.63) is 89.5 Å². The molecule has 1 amide bonds. The SMILES string of the molecule is COc1ccc(CN(C[C@H]2CCCO2)C(=O)c2ccccc2F)cc1OS(=O)(=O)c1ccc(F)cc1. The van der Waals surface area contributed by atoms with Crippen LogP contribution in [-0.2, 0) is 21.4 Å². The lowest BCUT2D eigenvalue weighted by Gasteiger charge is -2.26. The van der Waals surface area contributed by atoms with E-state index in [-0.39, 0.29) is 41.2 Å². The van der Waals surface area contributed by atoms with E-state index in [9.17, 15) is 22.0 Å². The molecule has 0 aliphatic carbocycles. The van der Waals surface area contributed by atoms with Gasteiger partial charge in [-0.15, -0.1) is 0 Å². The highest BCUT2D eigenvalue weighted by atomic mass is 32.2. The zero-order valence-electron chi connectivity index (χ0n) is 19.5. The van der Waals surface area contributed by atoms with Crippen LogP contribution < -0.4 is 8.92 Å². The molecule has 10 heteroatoms. The van der Waals surface area contributed by atoms with Crippen LogP contribution in [0.5, 0.6) is 11.5 Å². The Hall–Kier alpha value is -3.50. The molecule has 7 nitrogen and oxygen atoms in total. The van der Waals surface area contributed by atoms with Crippen LogP contribution in [-0.4, -0.2) is 45.6 Å². The van der Waals surface area contributed by atoms with Crippen molar-refractivity contribution in [3.63, 3.8) is 0 Å². The van der Waals surface area contributed by atoms with Crippen LogP contribution in [0.1, 0.15) is 28.8 Å². The number of amides is 1. The number of hydrogen-bond donors (Lipinski definition) is 0. The average molecular weight is 518 g/mol. The summed E-state index contributed by atoms with van der Waals surface area (Å²) in [5.41, 5.74) is 0.460. The fraction of sp³-hybridized carbons (Fsp3) is 0.269. The molecule has 1 aliphatic heterocycles. The molecule has 3 aromatic carbocycles. The third-order valence-corrected chi connectivity index (χ3v) is 6.99. The van der Waals surface area contributed by atoms with Crippen molar-refractivity contribution in [1.29, 1.82) is 0 Å². The van der Waals surface area contributed by atoms with Gasteiger partial charge in [-0.2, -0.15) is 8.42 Å². The Morgan fingerprint density at radius 2 is 1.81 bits per heavy atom. The van der Waals surface area contributed by atoms with Gasteiger partial charge in [0.1, 0.15) is 16.5 Å². The van der Waals surface area contributed by atoms with E-state index < -0.39 is 27.7 Å². The summed E-state index contributed by atoms with van der Waals surface area (Å²) in [6.45, 7) is 0.876. The maximum Gasteiger partial charge on any atom is 0.339 e. The van der Waals surface area contributed by atoms with Crippen molar-refractivity contribution < 1.29 is 35.6 Å². The van der Waals surface area contributed by atoms with Gasteiger partial charge < -0.3 is 18.6 Å². The average Bonchev–Trinajstić information content (AvgIpc) is 3.37. The summed E-state index contributed by atoms with van der Waals surface area (Å²) in [7, 11) is -2.93. The molecule has 0 bridgehead atoms. The molecule has 3 aromatic rings. The van der Waals surface area contributed by atoms with Crippen molar-refractivity contribution in [2.24, 2.45) is 0 Å². The molecule has 1 fully saturated rings. The van der Waals surface area contributed by atoms with Crippen molar-refractivity contribution in [3.8, 4) is 11.5 Å². The largest absolute Gasteiger partial charge is 0.493 e. The molecule has 0 aromatic heterocycles. The Bertz CT molecular complexity index is 1320. The topological polar surface area (TPSA) is 82.1 Å². The lowest BCUT2D eigenvalue weighted by molar-refractivity contribution is 0.0503. The van der Waals surface area contributed by atoms with E-state index in [2.05, 4.69) is 0 Å². The lowest BCUT2D eigenvalue weighted by atomic mass is 10.1. The molecule has 1 atom stereocenters. The number of halogens is 2. The van der Waals surface area contributed by atoms with Crippen molar-refractivity contribution in [2.75, 3.05) is 20.3 Å². The van der Waals surface area contributed by atoms with Crippen molar-refractivity contribution >= 4 is 16.0 Å². The first-order valence-electron chi connectivity index (χ1n) is 11.3. The molecule has 0 spiro atoms. The Kier molecular flexibility index (Phi) is 7.85. The predicted molar refractivity (Wildman–Crippen MR) is 127 cm³/mol. The van der Waals surface area contributed by atoms with Gasteiger partial charge >= 0.3 is 10.1 Å². The van der Waals surface area contributed by atoms with Gasteiger partial charge in [-0.25, -0.2) is 8.78 Å². The summed E-state index contributed by atoms with van der Waals surface area (Å²) >= 11 is 0. The van der Waals surface area contributed by atoms with E-state index >= 15 is 0 Å². The monoisotopic (exact) mass is 517 g/mol. The predicted octanol–water partition coefficient (Wildman–Crippen LogP) is 4.56. The number of rotatable bonds is 9. The molecule has 0 N–H and O–H groups in total. The van der Waals surface area contributed by atoms with Gasteiger partial charge in [0.25, 0.3) is 5.91 Å². The smallest absolute Gasteiger partial charge is 0.339 e. The molecular formula is C26H25F2NO6S. The fourth-order valence-electron chi connectivity index (χ4n) is 3.93. The quantitative estimate of drug-likeness (QED) is 0.387. The standard InChI is InChI=1S/C26H25F2NO6S/c1-33-24-13-8-18(15-25(24)35-36(31,32)21-11-9-19(27)10-12-21)16-29(17-20-5-4-14-34-20)26(30)22-6-2-3-7-23(22)28/h2-3,6-13,15,20H,4-5,14,16-17H2,1H3/t20-/m1/s1. The molecule has 1 heterocycles. The van der Waals surface area contributed by atoms with Gasteiger partial charge in [0.2, 0.25) is 0 Å². The third-order valence-electron chi connectivity index (χ3n) is 5.74. The minimum Gasteiger partial charge on any atom is -0.493 e. The first-order chi connectivity index (χ1) is 17.3. The van der Waals surface area contributed by atoms with Crippen LogP contribution in [0.3, 0.4) is 0 Å². The number of carbonyl (C=O) groups excluding carboxylic acids is 1. The summed E-state index contributed by atoms with van der Waals surface area (Å²) < 4.78 is 69.4. The Morgan fingerprint density at radius 1 is 1.06 bits per heavy atom. The minimum atomic E-state index is -4.29. The Labute approximate surface area is 208 Å². The molecule has 1 saturated heterocycles. The summed E-state index contributed by atoms with van der Waals surface area (Å²) in [5, 5.41) is 0. The van der Waals surface area contributed by atoms with E-state index in [1.807, 2.05) is 0 Å². The zero-order chi connectivity index (χ0) is 25.7. The first kappa shape index (κ1) is 25.6.